The van der Waals surface area contributed by atoms with Gasteiger partial charge in [0.15, 0.2) is 0 Å². The number of hydrogen-bond donors (Lipinski definition) is 1. The maximum Gasteiger partial charge on any atom is 0.119 e. The fourth-order valence-corrected chi connectivity index (χ4v) is 3.43. The Morgan fingerprint density at radius 2 is 1.30 bits per heavy atom. The third-order valence-corrected chi connectivity index (χ3v) is 5.01. The van der Waals surface area contributed by atoms with Crippen LogP contribution in [0, 0.1) is 13.8 Å². The van der Waals surface area contributed by atoms with E-state index in [9.17, 15) is 0 Å². The van der Waals surface area contributed by atoms with Crippen molar-refractivity contribution in [2.24, 2.45) is 5.10 Å². The van der Waals surface area contributed by atoms with Crippen LogP contribution in [-0.4, -0.2) is 15.7 Å². The molecular formula is C23H18N4. The van der Waals surface area contributed by atoms with E-state index in [0.29, 0.717) is 0 Å². The predicted molar refractivity (Wildman–Crippen MR) is 110 cm³/mol. The number of nitrogens with one attached hydrogen (secondary N) is 1. The van der Waals surface area contributed by atoms with Crippen molar-refractivity contribution in [2.75, 3.05) is 5.43 Å². The molecule has 0 spiro atoms. The van der Waals surface area contributed by atoms with Crippen molar-refractivity contribution in [3.05, 3.63) is 89.1 Å². The van der Waals surface area contributed by atoms with Crippen molar-refractivity contribution in [1.82, 2.24) is 9.97 Å². The number of benzene rings is 3. The predicted octanol–water partition coefficient (Wildman–Crippen LogP) is 5.09. The molecule has 0 radical (unpaired) electrons. The van der Waals surface area contributed by atoms with E-state index in [4.69, 9.17) is 9.97 Å². The number of para-hydroxylation sites is 1. The Morgan fingerprint density at radius 3 is 2.00 bits per heavy atom. The first kappa shape index (κ1) is 15.7. The van der Waals surface area contributed by atoms with Gasteiger partial charge in [0.1, 0.15) is 11.4 Å². The molecule has 1 aliphatic carbocycles. The van der Waals surface area contributed by atoms with E-state index in [1.54, 1.807) is 0 Å². The van der Waals surface area contributed by atoms with Crippen LogP contribution in [0.2, 0.25) is 0 Å². The number of aromatic nitrogens is 2. The minimum Gasteiger partial charge on any atom is -0.278 e. The molecule has 0 saturated carbocycles. The highest BCUT2D eigenvalue weighted by molar-refractivity contribution is 6.23. The molecule has 4 aromatic rings. The van der Waals surface area contributed by atoms with E-state index >= 15 is 0 Å². The van der Waals surface area contributed by atoms with E-state index in [1.807, 2.05) is 42.5 Å². The number of anilines is 1. The van der Waals surface area contributed by atoms with E-state index in [1.165, 1.54) is 11.1 Å². The number of hydrogen-bond acceptors (Lipinski definition) is 4. The first-order valence-electron chi connectivity index (χ1n) is 8.98. The molecule has 4 heteroatoms. The average molecular weight is 350 g/mol. The molecule has 1 heterocycles. The molecule has 0 aliphatic heterocycles. The van der Waals surface area contributed by atoms with Gasteiger partial charge in [0, 0.05) is 11.1 Å². The first-order chi connectivity index (χ1) is 13.2. The van der Waals surface area contributed by atoms with Gasteiger partial charge < -0.3 is 0 Å². The summed E-state index contributed by atoms with van der Waals surface area (Å²) >= 11 is 0. The third kappa shape index (κ3) is 2.57. The Bertz CT molecular complexity index is 1210. The van der Waals surface area contributed by atoms with Crippen LogP contribution < -0.4 is 5.43 Å². The molecule has 27 heavy (non-hydrogen) atoms. The molecule has 0 unspecified atom stereocenters. The molecule has 0 atom stereocenters. The van der Waals surface area contributed by atoms with Crippen LogP contribution in [0.15, 0.2) is 71.8 Å². The summed E-state index contributed by atoms with van der Waals surface area (Å²) in [6, 6.07) is 22.4. The summed E-state index contributed by atoms with van der Waals surface area (Å²) in [5.41, 5.74) is 13.0. The van der Waals surface area contributed by atoms with Gasteiger partial charge in [-0.3, -0.25) is 5.43 Å². The number of hydrazone groups is 1. The summed E-state index contributed by atoms with van der Waals surface area (Å²) < 4.78 is 0. The van der Waals surface area contributed by atoms with Crippen LogP contribution in [0.4, 0.5) is 5.69 Å². The zero-order valence-corrected chi connectivity index (χ0v) is 15.2. The number of rotatable bonds is 2. The molecule has 0 saturated heterocycles. The Kier molecular flexibility index (Phi) is 3.50. The van der Waals surface area contributed by atoms with Crippen molar-refractivity contribution in [3.8, 4) is 11.3 Å². The van der Waals surface area contributed by atoms with Gasteiger partial charge in [-0.05, 0) is 49.2 Å². The standard InChI is InChI=1S/C23H18N4/c1-14-12-19-20(13-15(14)2)25-23-21(24-19)17-10-6-7-11-18(17)22(23)27-26-16-8-4-3-5-9-16/h3-13,26H,1-2H3/b27-22+. The van der Waals surface area contributed by atoms with Gasteiger partial charge in [-0.25, -0.2) is 9.97 Å². The second-order valence-corrected chi connectivity index (χ2v) is 6.83. The van der Waals surface area contributed by atoms with Gasteiger partial charge in [-0.15, -0.1) is 0 Å². The topological polar surface area (TPSA) is 50.2 Å². The van der Waals surface area contributed by atoms with E-state index in [0.717, 1.165) is 44.9 Å². The van der Waals surface area contributed by atoms with E-state index in [-0.39, 0.29) is 0 Å². The zero-order valence-electron chi connectivity index (χ0n) is 15.2. The van der Waals surface area contributed by atoms with Gasteiger partial charge in [0.05, 0.1) is 22.4 Å². The lowest BCUT2D eigenvalue weighted by Gasteiger charge is -2.06. The lowest BCUT2D eigenvalue weighted by atomic mass is 10.1. The number of aryl methyl sites for hydroxylation is 2. The van der Waals surface area contributed by atoms with Gasteiger partial charge in [0.2, 0.25) is 0 Å². The zero-order chi connectivity index (χ0) is 18.4. The third-order valence-electron chi connectivity index (χ3n) is 5.01. The van der Waals surface area contributed by atoms with Crippen molar-refractivity contribution in [2.45, 2.75) is 13.8 Å². The SMILES string of the molecule is Cc1cc2nc3c(nc2cc1C)-c1ccccc1/C3=N\Nc1ccccc1. The van der Waals surface area contributed by atoms with Crippen LogP contribution in [0.1, 0.15) is 22.4 Å². The highest BCUT2D eigenvalue weighted by Crippen LogP contribution is 2.36. The average Bonchev–Trinajstić information content (AvgIpc) is 2.99. The Morgan fingerprint density at radius 1 is 0.704 bits per heavy atom. The minimum atomic E-state index is 0.829. The van der Waals surface area contributed by atoms with Crippen LogP contribution in [0.25, 0.3) is 22.3 Å². The summed E-state index contributed by atoms with van der Waals surface area (Å²) in [6.45, 7) is 4.21. The highest BCUT2D eigenvalue weighted by atomic mass is 15.3. The summed E-state index contributed by atoms with van der Waals surface area (Å²) in [5, 5.41) is 4.69. The Hall–Kier alpha value is -3.53. The lowest BCUT2D eigenvalue weighted by Crippen LogP contribution is -2.05. The molecular weight excluding hydrogens is 332 g/mol. The highest BCUT2D eigenvalue weighted by Gasteiger charge is 2.28. The second kappa shape index (κ2) is 6.02. The van der Waals surface area contributed by atoms with Crippen molar-refractivity contribution < 1.29 is 0 Å². The molecule has 0 fully saturated rings. The van der Waals surface area contributed by atoms with Crippen LogP contribution in [0.5, 0.6) is 0 Å². The molecule has 1 aliphatic rings. The molecule has 3 aromatic carbocycles. The largest absolute Gasteiger partial charge is 0.278 e. The maximum absolute atomic E-state index is 4.93. The minimum absolute atomic E-state index is 0.829. The summed E-state index contributed by atoms with van der Waals surface area (Å²) in [7, 11) is 0. The van der Waals surface area contributed by atoms with Crippen LogP contribution in [-0.2, 0) is 0 Å². The quantitative estimate of drug-likeness (QED) is 0.451. The summed E-state index contributed by atoms with van der Waals surface area (Å²) in [4.78, 5) is 9.87. The number of fused-ring (bicyclic) bond motifs is 4. The van der Waals surface area contributed by atoms with Crippen LogP contribution in [0.3, 0.4) is 0 Å². The maximum atomic E-state index is 4.93. The molecule has 4 nitrogen and oxygen atoms in total. The molecule has 130 valence electrons. The fraction of sp³-hybridized carbons (Fsp3) is 0.0870. The second-order valence-electron chi connectivity index (χ2n) is 6.83. The molecule has 0 bridgehead atoms. The monoisotopic (exact) mass is 350 g/mol. The summed E-state index contributed by atoms with van der Waals surface area (Å²) in [6.07, 6.45) is 0. The normalized spacial score (nSPS) is 13.6. The smallest absolute Gasteiger partial charge is 0.119 e. The van der Waals surface area contributed by atoms with Gasteiger partial charge >= 0.3 is 0 Å². The Balaban J connectivity index is 1.71. The fourth-order valence-electron chi connectivity index (χ4n) is 3.43. The molecule has 0 amide bonds. The Labute approximate surface area is 157 Å². The van der Waals surface area contributed by atoms with Gasteiger partial charge in [-0.1, -0.05) is 42.5 Å². The molecule has 1 N–H and O–H groups in total. The molecule has 5 rings (SSSR count). The van der Waals surface area contributed by atoms with E-state index in [2.05, 4.69) is 48.6 Å². The van der Waals surface area contributed by atoms with Crippen LogP contribution >= 0.6 is 0 Å². The van der Waals surface area contributed by atoms with Gasteiger partial charge in [0.25, 0.3) is 0 Å². The number of nitrogens with zero attached hydrogens (tertiary/aromatic N) is 3. The van der Waals surface area contributed by atoms with Gasteiger partial charge in [-0.2, -0.15) is 5.10 Å². The van der Waals surface area contributed by atoms with Crippen molar-refractivity contribution in [3.63, 3.8) is 0 Å². The first-order valence-corrected chi connectivity index (χ1v) is 8.98. The lowest BCUT2D eigenvalue weighted by molar-refractivity contribution is 1.24. The van der Waals surface area contributed by atoms with E-state index < -0.39 is 0 Å². The van der Waals surface area contributed by atoms with Crippen molar-refractivity contribution in [1.29, 1.82) is 0 Å². The molecule has 1 aromatic heterocycles. The summed E-state index contributed by atoms with van der Waals surface area (Å²) in [5.74, 6) is 0. The van der Waals surface area contributed by atoms with Crippen molar-refractivity contribution >= 4 is 22.4 Å².